The molecule has 0 heterocycles. The molecule has 38 heavy (non-hydrogen) atoms. The zero-order valence-electron chi connectivity index (χ0n) is 21.6. The Labute approximate surface area is 223 Å². The number of amides is 2. The summed E-state index contributed by atoms with van der Waals surface area (Å²) < 4.78 is 6.02. The first-order chi connectivity index (χ1) is 18.5. The first-order valence-corrected chi connectivity index (χ1v) is 12.6. The maximum absolute atomic E-state index is 13.2. The molecule has 2 N–H and O–H groups in total. The van der Waals surface area contributed by atoms with Crippen molar-refractivity contribution in [2.45, 2.75) is 39.5 Å². The van der Waals surface area contributed by atoms with E-state index in [-0.39, 0.29) is 24.3 Å². The van der Waals surface area contributed by atoms with Gasteiger partial charge in [-0.3, -0.25) is 14.4 Å². The third-order valence-corrected chi connectivity index (χ3v) is 6.07. The minimum atomic E-state index is -0.331. The first-order valence-electron chi connectivity index (χ1n) is 12.6. The number of hydrogen-bond donors (Lipinski definition) is 2. The van der Waals surface area contributed by atoms with Crippen LogP contribution in [0.1, 0.15) is 62.7 Å². The van der Waals surface area contributed by atoms with Crippen molar-refractivity contribution in [3.05, 3.63) is 137 Å². The van der Waals surface area contributed by atoms with E-state index in [1.54, 1.807) is 12.1 Å². The van der Waals surface area contributed by atoms with Crippen LogP contribution in [-0.4, -0.2) is 11.8 Å². The van der Waals surface area contributed by atoms with Crippen molar-refractivity contribution in [2.75, 3.05) is 0 Å². The lowest BCUT2D eigenvalue weighted by Crippen LogP contribution is -2.24. The lowest BCUT2D eigenvalue weighted by atomic mass is 10.00. The number of carbonyl (C=O) groups excluding carboxylic acids is 2. The summed E-state index contributed by atoms with van der Waals surface area (Å²) in [6.45, 7) is 5.15. The van der Waals surface area contributed by atoms with Crippen molar-refractivity contribution < 1.29 is 19.2 Å². The molecule has 0 aliphatic rings. The summed E-state index contributed by atoms with van der Waals surface area (Å²) in [6, 6.07) is 32.2. The largest absolute Gasteiger partial charge is 0.488 e. The number of carbonyl (C=O) groups is 2. The summed E-state index contributed by atoms with van der Waals surface area (Å²) in [7, 11) is 0. The first kappa shape index (κ1) is 26.6. The van der Waals surface area contributed by atoms with Crippen LogP contribution in [0.25, 0.3) is 0 Å². The van der Waals surface area contributed by atoms with Crippen molar-refractivity contribution in [1.82, 2.24) is 10.8 Å². The van der Waals surface area contributed by atoms with Gasteiger partial charge in [0.15, 0.2) is 0 Å². The molecule has 6 nitrogen and oxygen atoms in total. The molecule has 4 aromatic carbocycles. The van der Waals surface area contributed by atoms with Gasteiger partial charge < -0.3 is 10.1 Å². The second-order valence-corrected chi connectivity index (χ2v) is 9.27. The number of hydrogen-bond acceptors (Lipinski definition) is 4. The minimum Gasteiger partial charge on any atom is -0.488 e. The van der Waals surface area contributed by atoms with Crippen LogP contribution in [0.5, 0.6) is 5.75 Å². The number of benzene rings is 4. The fourth-order valence-corrected chi connectivity index (χ4v) is 3.82. The van der Waals surface area contributed by atoms with E-state index in [9.17, 15) is 9.59 Å². The third-order valence-electron chi connectivity index (χ3n) is 6.07. The Bertz CT molecular complexity index is 1340. The molecule has 0 unspecified atom stereocenters. The van der Waals surface area contributed by atoms with Crippen LogP contribution in [0.2, 0.25) is 0 Å². The van der Waals surface area contributed by atoms with Crippen molar-refractivity contribution in [3.63, 3.8) is 0 Å². The highest BCUT2D eigenvalue weighted by Crippen LogP contribution is 2.25. The van der Waals surface area contributed by atoms with Crippen LogP contribution >= 0.6 is 0 Å². The van der Waals surface area contributed by atoms with Crippen LogP contribution in [0.4, 0.5) is 0 Å². The predicted molar refractivity (Wildman–Crippen MR) is 148 cm³/mol. The molecule has 4 aromatic rings. The minimum absolute atomic E-state index is 0.216. The monoisotopic (exact) mass is 508 g/mol. The molecule has 0 spiro atoms. The standard InChI is InChI=1S/C32H32N2O4/c1-23(2)28-17-18-30(37-21-25-9-5-3-6-10-25)29(19-28)32(36)33-20-24-13-15-27(16-14-24)31(35)34-38-22-26-11-7-4-8-12-26/h3-19,23H,20-22H2,1-2H3,(H,33,36)(H,34,35). The molecule has 0 saturated carbocycles. The Morgan fingerprint density at radius 3 is 1.97 bits per heavy atom. The van der Waals surface area contributed by atoms with Gasteiger partial charge in [-0.25, -0.2) is 5.48 Å². The van der Waals surface area contributed by atoms with E-state index in [1.807, 2.05) is 91.0 Å². The molecule has 0 atom stereocenters. The average molecular weight is 509 g/mol. The summed E-state index contributed by atoms with van der Waals surface area (Å²) in [5, 5.41) is 2.98. The highest BCUT2D eigenvalue weighted by molar-refractivity contribution is 5.97. The van der Waals surface area contributed by atoms with Crippen molar-refractivity contribution in [2.24, 2.45) is 0 Å². The fraction of sp³-hybridized carbons (Fsp3) is 0.188. The highest BCUT2D eigenvalue weighted by Gasteiger charge is 2.15. The second kappa shape index (κ2) is 13.2. The van der Waals surface area contributed by atoms with E-state index in [4.69, 9.17) is 9.57 Å². The number of ether oxygens (including phenoxy) is 1. The van der Waals surface area contributed by atoms with Crippen LogP contribution in [0, 0.1) is 0 Å². The smallest absolute Gasteiger partial charge is 0.274 e. The van der Waals surface area contributed by atoms with Crippen molar-refractivity contribution in [1.29, 1.82) is 0 Å². The summed E-state index contributed by atoms with van der Waals surface area (Å²) in [5.74, 6) is 0.271. The second-order valence-electron chi connectivity index (χ2n) is 9.27. The van der Waals surface area contributed by atoms with Crippen molar-refractivity contribution in [3.8, 4) is 5.75 Å². The molecule has 4 rings (SSSR count). The average Bonchev–Trinajstić information content (AvgIpc) is 2.96. The van der Waals surface area contributed by atoms with Gasteiger partial charge >= 0.3 is 0 Å². The maximum Gasteiger partial charge on any atom is 0.274 e. The maximum atomic E-state index is 13.2. The predicted octanol–water partition coefficient (Wildman–Crippen LogP) is 6.18. The molecule has 0 fully saturated rings. The van der Waals surface area contributed by atoms with Crippen LogP contribution < -0.4 is 15.5 Å². The van der Waals surface area contributed by atoms with Crippen LogP contribution in [0.15, 0.2) is 103 Å². The van der Waals surface area contributed by atoms with Gasteiger partial charge in [-0.05, 0) is 52.4 Å². The van der Waals surface area contributed by atoms with Gasteiger partial charge in [-0.1, -0.05) is 92.7 Å². The number of rotatable bonds is 11. The molecule has 2 amide bonds. The zero-order chi connectivity index (χ0) is 26.7. The van der Waals surface area contributed by atoms with E-state index in [0.717, 1.165) is 22.3 Å². The summed E-state index contributed by atoms with van der Waals surface area (Å²) in [4.78, 5) is 30.8. The Morgan fingerprint density at radius 1 is 0.711 bits per heavy atom. The van der Waals surface area contributed by atoms with Gasteiger partial charge in [0.05, 0.1) is 12.2 Å². The topological polar surface area (TPSA) is 76.7 Å². The third kappa shape index (κ3) is 7.54. The molecule has 0 radical (unpaired) electrons. The molecular formula is C32H32N2O4. The molecule has 6 heteroatoms. The lowest BCUT2D eigenvalue weighted by molar-refractivity contribution is 0.0233. The van der Waals surface area contributed by atoms with E-state index in [2.05, 4.69) is 24.6 Å². The lowest BCUT2D eigenvalue weighted by Gasteiger charge is -2.15. The molecule has 0 aromatic heterocycles. The Balaban J connectivity index is 1.34. The Morgan fingerprint density at radius 2 is 1.34 bits per heavy atom. The van der Waals surface area contributed by atoms with Gasteiger partial charge in [-0.2, -0.15) is 0 Å². The zero-order valence-corrected chi connectivity index (χ0v) is 21.6. The van der Waals surface area contributed by atoms with Gasteiger partial charge in [0.25, 0.3) is 11.8 Å². The molecule has 0 aliphatic heterocycles. The number of hydroxylamine groups is 1. The van der Waals surface area contributed by atoms with E-state index >= 15 is 0 Å². The van der Waals surface area contributed by atoms with Crippen LogP contribution in [0.3, 0.4) is 0 Å². The molecule has 0 bridgehead atoms. The quantitative estimate of drug-likeness (QED) is 0.237. The van der Waals surface area contributed by atoms with Gasteiger partial charge in [0, 0.05) is 12.1 Å². The Hall–Kier alpha value is -4.42. The van der Waals surface area contributed by atoms with Crippen LogP contribution in [-0.2, 0) is 24.6 Å². The molecular weight excluding hydrogens is 476 g/mol. The highest BCUT2D eigenvalue weighted by atomic mass is 16.6. The van der Waals surface area contributed by atoms with Gasteiger partial charge in [-0.15, -0.1) is 0 Å². The fourth-order valence-electron chi connectivity index (χ4n) is 3.82. The summed E-state index contributed by atoms with van der Waals surface area (Å²) >= 11 is 0. The molecule has 194 valence electrons. The Kier molecular flexibility index (Phi) is 9.27. The normalized spacial score (nSPS) is 10.7. The van der Waals surface area contributed by atoms with Crippen molar-refractivity contribution >= 4 is 11.8 Å². The van der Waals surface area contributed by atoms with Gasteiger partial charge in [0.1, 0.15) is 12.4 Å². The van der Waals surface area contributed by atoms with E-state index in [1.165, 1.54) is 0 Å². The molecule has 0 saturated heterocycles. The molecule has 0 aliphatic carbocycles. The van der Waals surface area contributed by atoms with Gasteiger partial charge in [0.2, 0.25) is 0 Å². The summed E-state index contributed by atoms with van der Waals surface area (Å²) in [5.41, 5.74) is 7.35. The van der Waals surface area contributed by atoms with E-state index in [0.29, 0.717) is 30.0 Å². The summed E-state index contributed by atoms with van der Waals surface area (Å²) in [6.07, 6.45) is 0. The number of nitrogens with one attached hydrogen (secondary N) is 2. The van der Waals surface area contributed by atoms with E-state index < -0.39 is 0 Å². The SMILES string of the molecule is CC(C)c1ccc(OCc2ccccc2)c(C(=O)NCc2ccc(C(=O)NOCc3ccccc3)cc2)c1.